The minimum atomic E-state index is -3.78. The van der Waals surface area contributed by atoms with Crippen LogP contribution in [-0.2, 0) is 9.84 Å². The van der Waals surface area contributed by atoms with Crippen molar-refractivity contribution in [2.45, 2.75) is 17.2 Å². The second-order valence-corrected chi connectivity index (χ2v) is 6.24. The van der Waals surface area contributed by atoms with Gasteiger partial charge in [0.05, 0.1) is 10.6 Å². The number of aryl methyl sites for hydroxylation is 1. The van der Waals surface area contributed by atoms with Gasteiger partial charge >= 0.3 is 0 Å². The van der Waals surface area contributed by atoms with E-state index in [0.717, 1.165) is 0 Å². The topological polar surface area (TPSA) is 93.3 Å². The van der Waals surface area contributed by atoms with E-state index in [9.17, 15) is 13.5 Å². The van der Waals surface area contributed by atoms with Crippen molar-refractivity contribution >= 4 is 9.84 Å². The fourth-order valence-electron chi connectivity index (χ4n) is 1.62. The Balaban J connectivity index is 2.45. The lowest BCUT2D eigenvalue weighted by molar-refractivity contribution is 0.469. The third-order valence-electron chi connectivity index (χ3n) is 2.82. The first-order valence-corrected chi connectivity index (χ1v) is 7.17. The molecule has 100 valence electrons. The van der Waals surface area contributed by atoms with Crippen molar-refractivity contribution in [3.63, 3.8) is 0 Å². The van der Waals surface area contributed by atoms with E-state index in [4.69, 9.17) is 5.73 Å². The summed E-state index contributed by atoms with van der Waals surface area (Å²) in [6, 6.07) is 9.06. The van der Waals surface area contributed by atoms with Crippen LogP contribution < -0.4 is 5.73 Å². The van der Waals surface area contributed by atoms with Gasteiger partial charge in [-0.1, -0.05) is 12.1 Å². The van der Waals surface area contributed by atoms with Gasteiger partial charge in [0.25, 0.3) is 0 Å². The minimum absolute atomic E-state index is 0.0197. The molecule has 5 nitrogen and oxygen atoms in total. The summed E-state index contributed by atoms with van der Waals surface area (Å²) in [6.45, 7) is 1.68. The smallest absolute Gasteiger partial charge is 0.199 e. The van der Waals surface area contributed by atoms with Crippen LogP contribution in [0.25, 0.3) is 0 Å². The first-order chi connectivity index (χ1) is 8.93. The highest BCUT2D eigenvalue weighted by atomic mass is 32.2. The number of nitrogens with zero attached hydrogens (tertiary/aromatic N) is 1. The summed E-state index contributed by atoms with van der Waals surface area (Å²) in [6.07, 6.45) is 1.48. The number of benzene rings is 1. The molecule has 0 saturated carbocycles. The van der Waals surface area contributed by atoms with E-state index in [1.807, 2.05) is 0 Å². The number of aromatic nitrogens is 1. The average Bonchev–Trinajstić information content (AvgIpc) is 2.41. The molecule has 1 aromatic carbocycles. The summed E-state index contributed by atoms with van der Waals surface area (Å²) in [5.41, 5.74) is 6.63. The van der Waals surface area contributed by atoms with Crippen LogP contribution in [0.1, 0.15) is 16.6 Å². The highest BCUT2D eigenvalue weighted by Crippen LogP contribution is 2.27. The Labute approximate surface area is 111 Å². The standard InChI is InChI=1S/C13H14N2O3S/c1-9-5-6-10(8-12(9)16)19(17,18)13(14)11-4-2-3-7-15-11/h2-8,13,16H,14H2,1H3. The SMILES string of the molecule is Cc1ccc(S(=O)(=O)C(N)c2ccccn2)cc1O. The summed E-state index contributed by atoms with van der Waals surface area (Å²) in [5, 5.41) is 8.34. The molecule has 6 heteroatoms. The largest absolute Gasteiger partial charge is 0.508 e. The van der Waals surface area contributed by atoms with Crippen LogP contribution >= 0.6 is 0 Å². The molecule has 0 fully saturated rings. The van der Waals surface area contributed by atoms with E-state index in [2.05, 4.69) is 4.98 Å². The third-order valence-corrected chi connectivity index (χ3v) is 4.64. The summed E-state index contributed by atoms with van der Waals surface area (Å²) in [5.74, 6) is -0.0747. The molecule has 1 heterocycles. The van der Waals surface area contributed by atoms with Crippen LogP contribution in [0.2, 0.25) is 0 Å². The molecular formula is C13H14N2O3S. The molecule has 2 rings (SSSR count). The van der Waals surface area contributed by atoms with E-state index in [-0.39, 0.29) is 16.3 Å². The lowest BCUT2D eigenvalue weighted by Crippen LogP contribution is -2.23. The van der Waals surface area contributed by atoms with Crippen molar-refractivity contribution in [2.24, 2.45) is 5.73 Å². The fourth-order valence-corrected chi connectivity index (χ4v) is 2.90. The Morgan fingerprint density at radius 2 is 2.00 bits per heavy atom. The summed E-state index contributed by atoms with van der Waals surface area (Å²) < 4.78 is 24.6. The predicted molar refractivity (Wildman–Crippen MR) is 71.2 cm³/mol. The van der Waals surface area contributed by atoms with Crippen LogP contribution in [0, 0.1) is 6.92 Å². The lowest BCUT2D eigenvalue weighted by Gasteiger charge is -2.13. The van der Waals surface area contributed by atoms with Crippen LogP contribution in [-0.4, -0.2) is 18.5 Å². The van der Waals surface area contributed by atoms with Crippen molar-refractivity contribution in [2.75, 3.05) is 0 Å². The van der Waals surface area contributed by atoms with E-state index in [1.54, 1.807) is 25.1 Å². The van der Waals surface area contributed by atoms with Gasteiger partial charge in [-0.3, -0.25) is 4.98 Å². The van der Waals surface area contributed by atoms with Gasteiger partial charge in [0.15, 0.2) is 15.2 Å². The van der Waals surface area contributed by atoms with Crippen LogP contribution in [0.5, 0.6) is 5.75 Å². The van der Waals surface area contributed by atoms with Crippen molar-refractivity contribution < 1.29 is 13.5 Å². The normalized spacial score (nSPS) is 13.2. The third kappa shape index (κ3) is 2.59. The highest BCUT2D eigenvalue weighted by Gasteiger charge is 2.26. The summed E-state index contributed by atoms with van der Waals surface area (Å²) >= 11 is 0. The minimum Gasteiger partial charge on any atom is -0.508 e. The van der Waals surface area contributed by atoms with E-state index < -0.39 is 15.2 Å². The molecule has 19 heavy (non-hydrogen) atoms. The molecule has 0 aliphatic carbocycles. The zero-order chi connectivity index (χ0) is 14.0. The molecule has 3 N–H and O–H groups in total. The molecule has 2 aromatic rings. The number of hydrogen-bond donors (Lipinski definition) is 2. The van der Waals surface area contributed by atoms with Gasteiger partial charge in [-0.25, -0.2) is 8.42 Å². The fraction of sp³-hybridized carbons (Fsp3) is 0.154. The summed E-state index contributed by atoms with van der Waals surface area (Å²) in [7, 11) is -3.78. The van der Waals surface area contributed by atoms with Crippen LogP contribution in [0.4, 0.5) is 0 Å². The van der Waals surface area contributed by atoms with E-state index in [1.165, 1.54) is 24.4 Å². The zero-order valence-electron chi connectivity index (χ0n) is 10.3. The Hall–Kier alpha value is -1.92. The Kier molecular flexibility index (Phi) is 3.55. The van der Waals surface area contributed by atoms with Crippen LogP contribution in [0.15, 0.2) is 47.5 Å². The number of rotatable bonds is 3. The van der Waals surface area contributed by atoms with Gasteiger partial charge in [-0.05, 0) is 36.8 Å². The van der Waals surface area contributed by atoms with Gasteiger partial charge in [-0.2, -0.15) is 0 Å². The molecule has 1 unspecified atom stereocenters. The Morgan fingerprint density at radius 3 is 2.58 bits per heavy atom. The maximum absolute atomic E-state index is 12.3. The second kappa shape index (κ2) is 4.99. The quantitative estimate of drug-likeness (QED) is 0.888. The molecular weight excluding hydrogens is 264 g/mol. The van der Waals surface area contributed by atoms with Gasteiger partial charge in [0.2, 0.25) is 0 Å². The Bertz CT molecular complexity index is 684. The van der Waals surface area contributed by atoms with Crippen molar-refractivity contribution in [3.05, 3.63) is 53.9 Å². The van der Waals surface area contributed by atoms with Crippen molar-refractivity contribution in [1.82, 2.24) is 4.98 Å². The Morgan fingerprint density at radius 1 is 1.26 bits per heavy atom. The molecule has 1 atom stereocenters. The molecule has 0 aliphatic rings. The molecule has 0 saturated heterocycles. The molecule has 0 spiro atoms. The maximum atomic E-state index is 12.3. The first-order valence-electron chi connectivity index (χ1n) is 5.63. The molecule has 0 aliphatic heterocycles. The number of sulfone groups is 1. The van der Waals surface area contributed by atoms with Gasteiger partial charge in [0.1, 0.15) is 5.75 Å². The zero-order valence-corrected chi connectivity index (χ0v) is 11.1. The number of phenols is 1. The molecule has 0 radical (unpaired) electrons. The summed E-state index contributed by atoms with van der Waals surface area (Å²) in [4.78, 5) is 3.92. The average molecular weight is 278 g/mol. The lowest BCUT2D eigenvalue weighted by atomic mass is 10.2. The molecule has 0 amide bonds. The highest BCUT2D eigenvalue weighted by molar-refractivity contribution is 7.91. The number of phenolic OH excluding ortho intramolecular Hbond substituents is 1. The van der Waals surface area contributed by atoms with E-state index >= 15 is 0 Å². The number of pyridine rings is 1. The molecule has 1 aromatic heterocycles. The van der Waals surface area contributed by atoms with Gasteiger partial charge < -0.3 is 10.8 Å². The van der Waals surface area contributed by atoms with Crippen LogP contribution in [0.3, 0.4) is 0 Å². The number of aromatic hydroxyl groups is 1. The van der Waals surface area contributed by atoms with E-state index in [0.29, 0.717) is 5.56 Å². The first kappa shape index (κ1) is 13.5. The number of nitrogens with two attached hydrogens (primary N) is 1. The van der Waals surface area contributed by atoms with Gasteiger partial charge in [0, 0.05) is 6.20 Å². The predicted octanol–water partition coefficient (Wildman–Crippen LogP) is 1.53. The van der Waals surface area contributed by atoms with Gasteiger partial charge in [-0.15, -0.1) is 0 Å². The molecule has 0 bridgehead atoms. The number of hydrogen-bond acceptors (Lipinski definition) is 5. The monoisotopic (exact) mass is 278 g/mol. The van der Waals surface area contributed by atoms with Crippen molar-refractivity contribution in [3.8, 4) is 5.75 Å². The second-order valence-electron chi connectivity index (χ2n) is 4.17. The van der Waals surface area contributed by atoms with Crippen molar-refractivity contribution in [1.29, 1.82) is 0 Å². The maximum Gasteiger partial charge on any atom is 0.199 e.